The number of allylic oxidation sites excluding steroid dienone is 2. The Hall–Kier alpha value is -2.55. The lowest BCUT2D eigenvalue weighted by molar-refractivity contribution is -0.118. The number of rotatable bonds is 8. The van der Waals surface area contributed by atoms with Crippen LogP contribution in [0.25, 0.3) is 5.57 Å². The first-order valence-electron chi connectivity index (χ1n) is 9.74. The van der Waals surface area contributed by atoms with Gasteiger partial charge in [-0.05, 0) is 43.9 Å². The van der Waals surface area contributed by atoms with Crippen LogP contribution in [0.4, 0.5) is 5.13 Å². The highest BCUT2D eigenvalue weighted by atomic mass is 35.5. The number of carbonyl (C=O) groups is 1. The number of aromatic nitrogens is 1. The van der Waals surface area contributed by atoms with Gasteiger partial charge in [0.2, 0.25) is 12.7 Å². The van der Waals surface area contributed by atoms with E-state index in [1.807, 2.05) is 24.7 Å². The van der Waals surface area contributed by atoms with E-state index in [0.29, 0.717) is 33.8 Å². The zero-order valence-corrected chi connectivity index (χ0v) is 18.2. The molecule has 158 valence electrons. The lowest BCUT2D eigenvalue weighted by Crippen LogP contribution is -2.34. The van der Waals surface area contributed by atoms with Crippen molar-refractivity contribution in [3.63, 3.8) is 0 Å². The maximum absolute atomic E-state index is 13.2. The SMILES string of the molecule is CNCCCN(C(=O)Cc1cc2c(cc1Cl)OCO2)c1nc(C2=CCNC=C2)cs1. The van der Waals surface area contributed by atoms with Gasteiger partial charge in [-0.3, -0.25) is 9.69 Å². The number of ether oxygens (including phenoxy) is 2. The molecule has 1 aromatic carbocycles. The number of halogens is 1. The summed E-state index contributed by atoms with van der Waals surface area (Å²) in [5.41, 5.74) is 2.64. The van der Waals surface area contributed by atoms with Gasteiger partial charge in [-0.25, -0.2) is 4.98 Å². The fourth-order valence-corrected chi connectivity index (χ4v) is 4.36. The highest BCUT2D eigenvalue weighted by Crippen LogP contribution is 2.37. The van der Waals surface area contributed by atoms with E-state index in [4.69, 9.17) is 26.1 Å². The first-order chi connectivity index (χ1) is 14.7. The Morgan fingerprint density at radius 1 is 1.37 bits per heavy atom. The number of anilines is 1. The van der Waals surface area contributed by atoms with Crippen molar-refractivity contribution < 1.29 is 14.3 Å². The number of dihydropyridines is 1. The molecule has 0 bridgehead atoms. The monoisotopic (exact) mass is 446 g/mol. The summed E-state index contributed by atoms with van der Waals surface area (Å²) in [7, 11) is 1.90. The number of nitrogens with one attached hydrogen (secondary N) is 2. The second kappa shape index (κ2) is 9.51. The number of benzene rings is 1. The average Bonchev–Trinajstić information content (AvgIpc) is 3.41. The lowest BCUT2D eigenvalue weighted by Gasteiger charge is -2.20. The van der Waals surface area contributed by atoms with E-state index in [1.165, 1.54) is 11.3 Å². The Morgan fingerprint density at radius 2 is 2.20 bits per heavy atom. The zero-order chi connectivity index (χ0) is 20.9. The smallest absolute Gasteiger partial charge is 0.233 e. The maximum atomic E-state index is 13.2. The molecule has 1 amide bonds. The van der Waals surface area contributed by atoms with Crippen molar-refractivity contribution in [3.8, 4) is 11.5 Å². The second-order valence-corrected chi connectivity index (χ2v) is 8.14. The van der Waals surface area contributed by atoms with Gasteiger partial charge in [-0.2, -0.15) is 0 Å². The molecule has 3 heterocycles. The predicted octanol–water partition coefficient (Wildman–Crippen LogP) is 3.21. The molecule has 2 aliphatic rings. The van der Waals surface area contributed by atoms with Crippen molar-refractivity contribution in [3.05, 3.63) is 52.1 Å². The summed E-state index contributed by atoms with van der Waals surface area (Å²) in [6, 6.07) is 3.49. The maximum Gasteiger partial charge on any atom is 0.233 e. The highest BCUT2D eigenvalue weighted by Gasteiger charge is 2.23. The molecule has 9 heteroatoms. The molecule has 2 N–H and O–H groups in total. The summed E-state index contributed by atoms with van der Waals surface area (Å²) < 4.78 is 10.8. The van der Waals surface area contributed by atoms with Crippen LogP contribution in [0.1, 0.15) is 17.7 Å². The Bertz CT molecular complexity index is 989. The minimum Gasteiger partial charge on any atom is -0.454 e. The second-order valence-electron chi connectivity index (χ2n) is 6.89. The third-order valence-electron chi connectivity index (χ3n) is 4.83. The van der Waals surface area contributed by atoms with E-state index in [9.17, 15) is 4.79 Å². The van der Waals surface area contributed by atoms with Crippen LogP contribution >= 0.6 is 22.9 Å². The third kappa shape index (κ3) is 4.61. The van der Waals surface area contributed by atoms with Gasteiger partial charge in [0.05, 0.1) is 12.1 Å². The largest absolute Gasteiger partial charge is 0.454 e. The van der Waals surface area contributed by atoms with Crippen LogP contribution in [-0.2, 0) is 11.2 Å². The van der Waals surface area contributed by atoms with Gasteiger partial charge < -0.3 is 20.1 Å². The molecular formula is C21H23ClN4O3S. The average molecular weight is 447 g/mol. The molecule has 7 nitrogen and oxygen atoms in total. The van der Waals surface area contributed by atoms with Gasteiger partial charge in [0.1, 0.15) is 0 Å². The van der Waals surface area contributed by atoms with Crippen molar-refractivity contribution >= 4 is 39.5 Å². The van der Waals surface area contributed by atoms with Crippen LogP contribution in [0.3, 0.4) is 0 Å². The van der Waals surface area contributed by atoms with Crippen LogP contribution in [0.15, 0.2) is 35.9 Å². The molecule has 0 radical (unpaired) electrons. The molecule has 0 atom stereocenters. The van der Waals surface area contributed by atoms with Crippen LogP contribution < -0.4 is 25.0 Å². The van der Waals surface area contributed by atoms with Gasteiger partial charge in [-0.15, -0.1) is 11.3 Å². The molecule has 0 aliphatic carbocycles. The van der Waals surface area contributed by atoms with E-state index >= 15 is 0 Å². The van der Waals surface area contributed by atoms with Crippen molar-refractivity contribution in [2.24, 2.45) is 0 Å². The Labute approximate surface area is 184 Å². The molecule has 0 unspecified atom stereocenters. The summed E-state index contributed by atoms with van der Waals surface area (Å²) in [5.74, 6) is 1.17. The summed E-state index contributed by atoms with van der Waals surface area (Å²) in [4.78, 5) is 19.7. The molecule has 0 saturated heterocycles. The minimum absolute atomic E-state index is 0.0531. The fraction of sp³-hybridized carbons (Fsp3) is 0.333. The van der Waals surface area contributed by atoms with Crippen molar-refractivity contribution in [2.75, 3.05) is 38.4 Å². The first kappa shape index (κ1) is 20.7. The summed E-state index contributed by atoms with van der Waals surface area (Å²) in [6.07, 6.45) is 6.96. The quantitative estimate of drug-likeness (QED) is 0.606. The molecule has 2 aromatic rings. The Kier molecular flexibility index (Phi) is 6.56. The Morgan fingerprint density at radius 3 is 2.97 bits per heavy atom. The van der Waals surface area contributed by atoms with Crippen LogP contribution in [0.5, 0.6) is 11.5 Å². The first-order valence-corrected chi connectivity index (χ1v) is 11.0. The van der Waals surface area contributed by atoms with E-state index in [-0.39, 0.29) is 19.1 Å². The van der Waals surface area contributed by atoms with Crippen molar-refractivity contribution in [1.29, 1.82) is 0 Å². The third-order valence-corrected chi connectivity index (χ3v) is 6.05. The Balaban J connectivity index is 1.55. The highest BCUT2D eigenvalue weighted by molar-refractivity contribution is 7.14. The molecule has 1 aromatic heterocycles. The van der Waals surface area contributed by atoms with E-state index in [1.54, 1.807) is 17.0 Å². The fourth-order valence-electron chi connectivity index (χ4n) is 3.26. The standard InChI is InChI=1S/C21H23ClN4O3S/c1-23-5-2-8-26(21-25-17(12-30-21)14-3-6-24-7-4-14)20(27)10-15-9-18-19(11-16(15)22)29-13-28-18/h3-4,6,9,11-12,23-24H,2,5,7-8,10,13H2,1H3. The van der Waals surface area contributed by atoms with Gasteiger partial charge in [0.15, 0.2) is 16.6 Å². The van der Waals surface area contributed by atoms with E-state index in [0.717, 1.165) is 30.8 Å². The number of fused-ring (bicyclic) bond motifs is 1. The van der Waals surface area contributed by atoms with Crippen LogP contribution in [0, 0.1) is 0 Å². The topological polar surface area (TPSA) is 75.7 Å². The minimum atomic E-state index is -0.0531. The number of nitrogens with zero attached hydrogens (tertiary/aromatic N) is 2. The molecule has 0 saturated carbocycles. The molecular weight excluding hydrogens is 424 g/mol. The van der Waals surface area contributed by atoms with E-state index in [2.05, 4.69) is 16.7 Å². The molecule has 30 heavy (non-hydrogen) atoms. The number of hydrogen-bond acceptors (Lipinski definition) is 7. The normalized spacial score (nSPS) is 14.4. The van der Waals surface area contributed by atoms with Gasteiger partial charge >= 0.3 is 0 Å². The summed E-state index contributed by atoms with van der Waals surface area (Å²) in [5, 5.41) is 9.43. The molecule has 4 rings (SSSR count). The van der Waals surface area contributed by atoms with Gasteiger partial charge in [0, 0.05) is 35.1 Å². The van der Waals surface area contributed by atoms with Crippen molar-refractivity contribution in [2.45, 2.75) is 12.8 Å². The summed E-state index contributed by atoms with van der Waals surface area (Å²) >= 11 is 7.86. The molecule has 2 aliphatic heterocycles. The molecule has 0 spiro atoms. The van der Waals surface area contributed by atoms with E-state index < -0.39 is 0 Å². The lowest BCUT2D eigenvalue weighted by atomic mass is 10.1. The van der Waals surface area contributed by atoms with Crippen LogP contribution in [0.2, 0.25) is 5.02 Å². The molecule has 0 fully saturated rings. The van der Waals surface area contributed by atoms with Crippen LogP contribution in [-0.4, -0.2) is 44.4 Å². The number of hydrogen-bond donors (Lipinski definition) is 2. The number of carbonyl (C=O) groups excluding carboxylic acids is 1. The zero-order valence-electron chi connectivity index (χ0n) is 16.6. The number of amides is 1. The van der Waals surface area contributed by atoms with Crippen molar-refractivity contribution in [1.82, 2.24) is 15.6 Å². The summed E-state index contributed by atoms with van der Waals surface area (Å²) in [6.45, 7) is 2.32. The number of thiazole rings is 1. The van der Waals surface area contributed by atoms with Gasteiger partial charge in [-0.1, -0.05) is 17.7 Å². The van der Waals surface area contributed by atoms with Gasteiger partial charge in [0.25, 0.3) is 0 Å². The predicted molar refractivity (Wildman–Crippen MR) is 119 cm³/mol.